The number of likely N-dealkylation sites (tertiary alicyclic amines) is 1. The number of rotatable bonds is 2. The van der Waals surface area contributed by atoms with E-state index < -0.39 is 0 Å². The average Bonchev–Trinajstić information content (AvgIpc) is 2.33. The molecule has 2 fully saturated rings. The van der Waals surface area contributed by atoms with Crippen LogP contribution in [-0.4, -0.2) is 54.5 Å². The Hall–Kier alpha value is -0.810. The van der Waals surface area contributed by atoms with Crippen molar-refractivity contribution in [2.75, 3.05) is 26.2 Å². The van der Waals surface area contributed by atoms with Crippen molar-refractivity contribution >= 4 is 6.09 Å². The number of hydrogen-bond donors (Lipinski definition) is 2. The van der Waals surface area contributed by atoms with Crippen molar-refractivity contribution in [3.63, 3.8) is 0 Å². The third-order valence-electron chi connectivity index (χ3n) is 2.15. The highest BCUT2D eigenvalue weighted by molar-refractivity contribution is 5.69. The fraction of sp³-hybridized carbons (Fsp3) is 0.857. The molecule has 0 spiro atoms. The number of ether oxygens (including phenoxy) is 1. The van der Waals surface area contributed by atoms with Gasteiger partial charge in [-0.1, -0.05) is 0 Å². The summed E-state index contributed by atoms with van der Waals surface area (Å²) >= 11 is 0. The third-order valence-corrected chi connectivity index (χ3v) is 2.15. The van der Waals surface area contributed by atoms with E-state index in [2.05, 4.69) is 10.2 Å². The van der Waals surface area contributed by atoms with E-state index in [-0.39, 0.29) is 18.3 Å². The predicted octanol–water partition coefficient (Wildman–Crippen LogP) is -1.23. The van der Waals surface area contributed by atoms with Crippen LogP contribution in [-0.2, 0) is 4.74 Å². The highest BCUT2D eigenvalue weighted by atomic mass is 16.6. The summed E-state index contributed by atoms with van der Waals surface area (Å²) in [6, 6.07) is 0. The molecule has 1 atom stereocenters. The smallest absolute Gasteiger partial charge is 0.407 e. The molecular formula is C7H12N2O3. The summed E-state index contributed by atoms with van der Waals surface area (Å²) in [6.45, 7) is 2.73. The van der Waals surface area contributed by atoms with Gasteiger partial charge in [0.1, 0.15) is 6.10 Å². The van der Waals surface area contributed by atoms with Crippen LogP contribution in [0.25, 0.3) is 0 Å². The molecule has 2 N–H and O–H groups in total. The molecular weight excluding hydrogens is 160 g/mol. The average molecular weight is 172 g/mol. The standard InChI is InChI=1S/C7H12N2O3/c10-5-2-9(3-5)4-6-1-8-7(11)12-6/h5-6,10H,1-4H2,(H,8,11)/t6-/m1/s1. The minimum atomic E-state index is -0.332. The molecule has 1 amide bonds. The Balaban J connectivity index is 1.70. The SMILES string of the molecule is O=C1NC[C@H](CN2CC(O)C2)O1. The summed E-state index contributed by atoms with van der Waals surface area (Å²) in [7, 11) is 0. The molecule has 0 saturated carbocycles. The highest BCUT2D eigenvalue weighted by Gasteiger charge is 2.30. The molecule has 2 aliphatic rings. The van der Waals surface area contributed by atoms with E-state index in [4.69, 9.17) is 9.84 Å². The van der Waals surface area contributed by atoms with Crippen LogP contribution in [0.3, 0.4) is 0 Å². The quantitative estimate of drug-likeness (QED) is 0.547. The largest absolute Gasteiger partial charge is 0.443 e. The first kappa shape index (κ1) is 7.82. The van der Waals surface area contributed by atoms with Crippen molar-refractivity contribution in [3.05, 3.63) is 0 Å². The first-order valence-electron chi connectivity index (χ1n) is 4.09. The van der Waals surface area contributed by atoms with Gasteiger partial charge < -0.3 is 15.2 Å². The molecule has 12 heavy (non-hydrogen) atoms. The number of amides is 1. The molecule has 0 unspecified atom stereocenters. The minimum Gasteiger partial charge on any atom is -0.443 e. The fourth-order valence-corrected chi connectivity index (χ4v) is 1.51. The molecule has 2 saturated heterocycles. The topological polar surface area (TPSA) is 61.8 Å². The Morgan fingerprint density at radius 3 is 2.92 bits per heavy atom. The number of nitrogens with zero attached hydrogens (tertiary/aromatic N) is 1. The molecule has 5 nitrogen and oxygen atoms in total. The predicted molar refractivity (Wildman–Crippen MR) is 40.7 cm³/mol. The van der Waals surface area contributed by atoms with Crippen molar-refractivity contribution in [1.82, 2.24) is 10.2 Å². The summed E-state index contributed by atoms with van der Waals surface area (Å²) in [5, 5.41) is 11.6. The van der Waals surface area contributed by atoms with Crippen molar-refractivity contribution < 1.29 is 14.6 Å². The van der Waals surface area contributed by atoms with Gasteiger partial charge in [0.15, 0.2) is 0 Å². The normalized spacial score (nSPS) is 31.1. The lowest BCUT2D eigenvalue weighted by molar-refractivity contribution is -0.0171. The van der Waals surface area contributed by atoms with Gasteiger partial charge in [0.2, 0.25) is 0 Å². The lowest BCUT2D eigenvalue weighted by Crippen LogP contribution is -2.53. The highest BCUT2D eigenvalue weighted by Crippen LogP contribution is 2.10. The summed E-state index contributed by atoms with van der Waals surface area (Å²) < 4.78 is 4.93. The first-order chi connectivity index (χ1) is 5.74. The molecule has 0 aromatic heterocycles. The van der Waals surface area contributed by atoms with E-state index >= 15 is 0 Å². The van der Waals surface area contributed by atoms with Gasteiger partial charge in [0.05, 0.1) is 12.6 Å². The Bertz CT molecular complexity index is 191. The monoisotopic (exact) mass is 172 g/mol. The Morgan fingerprint density at radius 2 is 2.42 bits per heavy atom. The van der Waals surface area contributed by atoms with Crippen LogP contribution in [0.5, 0.6) is 0 Å². The molecule has 0 aliphatic carbocycles. The van der Waals surface area contributed by atoms with Crippen LogP contribution in [0.2, 0.25) is 0 Å². The van der Waals surface area contributed by atoms with Gasteiger partial charge in [-0.25, -0.2) is 4.79 Å². The molecule has 5 heteroatoms. The minimum absolute atomic E-state index is 0.0370. The fourth-order valence-electron chi connectivity index (χ4n) is 1.51. The maximum Gasteiger partial charge on any atom is 0.407 e. The summed E-state index contributed by atoms with van der Waals surface area (Å²) in [5.74, 6) is 0. The van der Waals surface area contributed by atoms with E-state index in [0.717, 1.165) is 6.54 Å². The molecule has 0 radical (unpaired) electrons. The van der Waals surface area contributed by atoms with E-state index in [1.165, 1.54) is 0 Å². The van der Waals surface area contributed by atoms with Gasteiger partial charge in [0, 0.05) is 19.6 Å². The second-order valence-electron chi connectivity index (χ2n) is 3.28. The zero-order chi connectivity index (χ0) is 8.55. The summed E-state index contributed by atoms with van der Waals surface area (Å²) in [6.07, 6.45) is -0.555. The lowest BCUT2D eigenvalue weighted by Gasteiger charge is -2.36. The molecule has 0 aromatic rings. The van der Waals surface area contributed by atoms with Crippen molar-refractivity contribution in [2.45, 2.75) is 12.2 Å². The number of aliphatic hydroxyl groups excluding tert-OH is 1. The number of hydrogen-bond acceptors (Lipinski definition) is 4. The van der Waals surface area contributed by atoms with Crippen LogP contribution in [0.15, 0.2) is 0 Å². The summed E-state index contributed by atoms with van der Waals surface area (Å²) in [4.78, 5) is 12.7. The first-order valence-corrected chi connectivity index (χ1v) is 4.09. The Labute approximate surface area is 70.3 Å². The number of aliphatic hydroxyl groups is 1. The second-order valence-corrected chi connectivity index (χ2v) is 3.28. The van der Waals surface area contributed by atoms with Crippen LogP contribution in [0.4, 0.5) is 4.79 Å². The van der Waals surface area contributed by atoms with E-state index in [0.29, 0.717) is 19.6 Å². The van der Waals surface area contributed by atoms with E-state index in [1.807, 2.05) is 0 Å². The molecule has 68 valence electrons. The van der Waals surface area contributed by atoms with Crippen molar-refractivity contribution in [2.24, 2.45) is 0 Å². The van der Waals surface area contributed by atoms with Gasteiger partial charge in [-0.3, -0.25) is 4.90 Å². The number of cyclic esters (lactones) is 1. The molecule has 0 aromatic carbocycles. The maximum atomic E-state index is 10.6. The maximum absolute atomic E-state index is 10.6. The summed E-state index contributed by atoms with van der Waals surface area (Å²) in [5.41, 5.74) is 0. The number of carbonyl (C=O) groups excluding carboxylic acids is 1. The second kappa shape index (κ2) is 2.91. The van der Waals surface area contributed by atoms with Crippen molar-refractivity contribution in [1.29, 1.82) is 0 Å². The van der Waals surface area contributed by atoms with Crippen LogP contribution in [0, 0.1) is 0 Å². The van der Waals surface area contributed by atoms with Crippen LogP contribution < -0.4 is 5.32 Å². The van der Waals surface area contributed by atoms with E-state index in [1.54, 1.807) is 0 Å². The van der Waals surface area contributed by atoms with Gasteiger partial charge in [-0.2, -0.15) is 0 Å². The number of β-amino-alcohol motifs (C(OH)–C–C–N with tert-alkyl or cyclic N) is 1. The van der Waals surface area contributed by atoms with Gasteiger partial charge in [0.25, 0.3) is 0 Å². The third kappa shape index (κ3) is 1.51. The van der Waals surface area contributed by atoms with Crippen molar-refractivity contribution in [3.8, 4) is 0 Å². The molecule has 2 rings (SSSR count). The van der Waals surface area contributed by atoms with E-state index in [9.17, 15) is 4.79 Å². The van der Waals surface area contributed by atoms with Crippen LogP contribution >= 0.6 is 0 Å². The molecule has 2 heterocycles. The zero-order valence-electron chi connectivity index (χ0n) is 6.69. The van der Waals surface area contributed by atoms with Gasteiger partial charge in [-0.05, 0) is 0 Å². The van der Waals surface area contributed by atoms with Crippen LogP contribution in [0.1, 0.15) is 0 Å². The molecule has 2 aliphatic heterocycles. The number of carbonyl (C=O) groups is 1. The lowest BCUT2D eigenvalue weighted by atomic mass is 10.1. The Morgan fingerprint density at radius 1 is 1.67 bits per heavy atom. The zero-order valence-corrected chi connectivity index (χ0v) is 6.69. The molecule has 0 bridgehead atoms. The number of nitrogens with one attached hydrogen (secondary N) is 1. The van der Waals surface area contributed by atoms with Gasteiger partial charge in [-0.15, -0.1) is 0 Å². The van der Waals surface area contributed by atoms with Gasteiger partial charge >= 0.3 is 6.09 Å². The Kier molecular flexibility index (Phi) is 1.90. The number of alkyl carbamates (subject to hydrolysis) is 1.